The minimum Gasteiger partial charge on any atom is -0.495 e. The molecule has 28 heavy (non-hydrogen) atoms. The Balaban J connectivity index is 1.94. The van der Waals surface area contributed by atoms with Crippen molar-refractivity contribution >= 4 is 23.2 Å². The number of halogens is 2. The molecule has 1 aromatic heterocycles. The monoisotopic (exact) mass is 403 g/mol. The molecule has 0 atom stereocenters. The van der Waals surface area contributed by atoms with E-state index in [1.165, 1.54) is 62.8 Å². The minimum absolute atomic E-state index is 0.0297. The Kier molecular flexibility index (Phi) is 5.60. The first-order valence-electron chi connectivity index (χ1n) is 8.02. The summed E-state index contributed by atoms with van der Waals surface area (Å²) in [5.74, 6) is -0.314. The zero-order valence-corrected chi connectivity index (χ0v) is 15.7. The van der Waals surface area contributed by atoms with Gasteiger partial charge in [0.05, 0.1) is 30.6 Å². The molecular weight excluding hydrogens is 389 g/mol. The lowest BCUT2D eigenvalue weighted by atomic mass is 10.2. The van der Waals surface area contributed by atoms with Gasteiger partial charge < -0.3 is 14.8 Å². The van der Waals surface area contributed by atoms with Gasteiger partial charge in [-0.1, -0.05) is 11.6 Å². The number of methoxy groups -OCH3 is 2. The van der Waals surface area contributed by atoms with Crippen molar-refractivity contribution in [2.45, 2.75) is 0 Å². The van der Waals surface area contributed by atoms with Gasteiger partial charge >= 0.3 is 0 Å². The van der Waals surface area contributed by atoms with Crippen LogP contribution in [0.15, 0.2) is 53.3 Å². The van der Waals surface area contributed by atoms with Crippen molar-refractivity contribution in [2.75, 3.05) is 19.5 Å². The summed E-state index contributed by atoms with van der Waals surface area (Å²) in [6, 6.07) is 10.7. The van der Waals surface area contributed by atoms with E-state index in [0.29, 0.717) is 22.9 Å². The summed E-state index contributed by atoms with van der Waals surface area (Å²) in [6.45, 7) is 0. The van der Waals surface area contributed by atoms with E-state index in [1.54, 1.807) is 0 Å². The summed E-state index contributed by atoms with van der Waals surface area (Å²) in [5, 5.41) is 6.97. The number of rotatable bonds is 5. The van der Waals surface area contributed by atoms with Crippen molar-refractivity contribution in [2.24, 2.45) is 0 Å². The number of hydrogen-bond donors (Lipinski definition) is 1. The first-order valence-corrected chi connectivity index (χ1v) is 8.40. The highest BCUT2D eigenvalue weighted by Gasteiger charge is 2.16. The largest absolute Gasteiger partial charge is 0.495 e. The van der Waals surface area contributed by atoms with Gasteiger partial charge in [-0.05, 0) is 36.4 Å². The molecule has 9 heteroatoms. The highest BCUT2D eigenvalue weighted by molar-refractivity contribution is 6.32. The van der Waals surface area contributed by atoms with E-state index in [4.69, 9.17) is 21.1 Å². The van der Waals surface area contributed by atoms with Crippen LogP contribution in [0, 0.1) is 5.82 Å². The van der Waals surface area contributed by atoms with E-state index in [0.717, 1.165) is 4.68 Å². The second kappa shape index (κ2) is 8.10. The Morgan fingerprint density at radius 2 is 1.75 bits per heavy atom. The van der Waals surface area contributed by atoms with Crippen molar-refractivity contribution in [3.8, 4) is 17.2 Å². The summed E-state index contributed by atoms with van der Waals surface area (Å²) in [4.78, 5) is 24.7. The summed E-state index contributed by atoms with van der Waals surface area (Å²) in [5.41, 5.74) is 0.136. The van der Waals surface area contributed by atoms with Gasteiger partial charge in [-0.15, -0.1) is 0 Å². The van der Waals surface area contributed by atoms with Gasteiger partial charge in [-0.3, -0.25) is 9.59 Å². The quantitative estimate of drug-likeness (QED) is 0.706. The third-order valence-corrected chi connectivity index (χ3v) is 4.12. The second-order valence-electron chi connectivity index (χ2n) is 5.59. The van der Waals surface area contributed by atoms with Crippen LogP contribution < -0.4 is 20.3 Å². The Morgan fingerprint density at radius 1 is 1.07 bits per heavy atom. The molecule has 1 heterocycles. The Bertz CT molecular complexity index is 1080. The Morgan fingerprint density at radius 3 is 2.39 bits per heavy atom. The predicted octanol–water partition coefficient (Wildman–Crippen LogP) is 3.29. The number of anilines is 1. The summed E-state index contributed by atoms with van der Waals surface area (Å²) in [6.07, 6.45) is 0. The van der Waals surface area contributed by atoms with E-state index in [1.807, 2.05) is 0 Å². The molecule has 0 aliphatic carbocycles. The normalized spacial score (nSPS) is 10.4. The highest BCUT2D eigenvalue weighted by Crippen LogP contribution is 2.36. The zero-order chi connectivity index (χ0) is 20.3. The molecule has 0 aliphatic heterocycles. The van der Waals surface area contributed by atoms with E-state index in [9.17, 15) is 14.0 Å². The van der Waals surface area contributed by atoms with Crippen LogP contribution in [-0.4, -0.2) is 29.9 Å². The zero-order valence-electron chi connectivity index (χ0n) is 14.9. The van der Waals surface area contributed by atoms with Crippen molar-refractivity contribution < 1.29 is 18.7 Å². The molecule has 144 valence electrons. The van der Waals surface area contributed by atoms with E-state index >= 15 is 0 Å². The third kappa shape index (κ3) is 3.96. The molecule has 0 saturated carbocycles. The molecule has 2 aromatic carbocycles. The first kappa shape index (κ1) is 19.4. The lowest BCUT2D eigenvalue weighted by Gasteiger charge is -2.13. The number of carbonyl (C=O) groups excluding carboxylic acids is 1. The molecule has 0 fully saturated rings. The van der Waals surface area contributed by atoms with Crippen LogP contribution in [0.25, 0.3) is 5.69 Å². The fourth-order valence-electron chi connectivity index (χ4n) is 2.44. The number of nitrogens with zero attached hydrogens (tertiary/aromatic N) is 2. The predicted molar refractivity (Wildman–Crippen MR) is 102 cm³/mol. The number of ether oxygens (including phenoxy) is 2. The van der Waals surface area contributed by atoms with Crippen LogP contribution >= 0.6 is 11.6 Å². The lowest BCUT2D eigenvalue weighted by Crippen LogP contribution is -2.25. The molecule has 0 bridgehead atoms. The van der Waals surface area contributed by atoms with Crippen molar-refractivity contribution in [1.29, 1.82) is 0 Å². The number of benzene rings is 2. The van der Waals surface area contributed by atoms with Crippen LogP contribution in [0.2, 0.25) is 5.02 Å². The van der Waals surface area contributed by atoms with Gasteiger partial charge in [0.15, 0.2) is 0 Å². The average molecular weight is 404 g/mol. The first-order chi connectivity index (χ1) is 13.4. The van der Waals surface area contributed by atoms with Crippen LogP contribution in [-0.2, 0) is 0 Å². The molecule has 0 spiro atoms. The second-order valence-corrected chi connectivity index (χ2v) is 5.99. The molecule has 0 aliphatic rings. The van der Waals surface area contributed by atoms with Crippen LogP contribution in [0.1, 0.15) is 10.5 Å². The Hall–Kier alpha value is -3.39. The van der Waals surface area contributed by atoms with Gasteiger partial charge in [-0.2, -0.15) is 9.78 Å². The minimum atomic E-state index is -0.588. The molecule has 0 radical (unpaired) electrons. The summed E-state index contributed by atoms with van der Waals surface area (Å²) in [7, 11) is 2.90. The average Bonchev–Trinajstić information content (AvgIpc) is 2.69. The number of nitrogens with one attached hydrogen (secondary N) is 1. The molecular formula is C19H15ClFN3O4. The van der Waals surface area contributed by atoms with Crippen molar-refractivity contribution in [1.82, 2.24) is 9.78 Å². The maximum Gasteiger partial charge on any atom is 0.276 e. The molecule has 1 amide bonds. The lowest BCUT2D eigenvalue weighted by molar-refractivity contribution is 0.102. The number of hydrogen-bond acceptors (Lipinski definition) is 5. The van der Waals surface area contributed by atoms with Crippen LogP contribution in [0.3, 0.4) is 0 Å². The van der Waals surface area contributed by atoms with Gasteiger partial charge in [0, 0.05) is 12.1 Å². The standard InChI is InChI=1S/C19H15ClFN3O4/c1-27-16-10-17(28-2)15(9-13(16)20)22-19(26)14-7-8-18(25)24(23-14)12-5-3-11(21)4-6-12/h3-10H,1-2H3,(H,22,26). The van der Waals surface area contributed by atoms with Crippen LogP contribution in [0.5, 0.6) is 11.5 Å². The van der Waals surface area contributed by atoms with Gasteiger partial charge in [-0.25, -0.2) is 4.39 Å². The van der Waals surface area contributed by atoms with E-state index in [2.05, 4.69) is 10.4 Å². The molecule has 7 nitrogen and oxygen atoms in total. The molecule has 0 unspecified atom stereocenters. The van der Waals surface area contributed by atoms with E-state index in [-0.39, 0.29) is 10.7 Å². The fraction of sp³-hybridized carbons (Fsp3) is 0.105. The summed E-state index contributed by atoms with van der Waals surface area (Å²) < 4.78 is 24.5. The Labute approximate surface area is 164 Å². The van der Waals surface area contributed by atoms with Crippen molar-refractivity contribution in [3.63, 3.8) is 0 Å². The van der Waals surface area contributed by atoms with Gasteiger partial charge in [0.2, 0.25) is 0 Å². The van der Waals surface area contributed by atoms with E-state index < -0.39 is 17.3 Å². The molecule has 1 N–H and O–H groups in total. The third-order valence-electron chi connectivity index (χ3n) is 3.83. The molecule has 0 saturated heterocycles. The topological polar surface area (TPSA) is 82.5 Å². The number of amides is 1. The van der Waals surface area contributed by atoms with Gasteiger partial charge in [0.1, 0.15) is 23.0 Å². The SMILES string of the molecule is COc1cc(OC)c(NC(=O)c2ccc(=O)n(-c3ccc(F)cc3)n2)cc1Cl. The molecule has 3 rings (SSSR count). The maximum atomic E-state index is 13.1. The number of aromatic nitrogens is 2. The highest BCUT2D eigenvalue weighted by atomic mass is 35.5. The number of carbonyl (C=O) groups is 1. The summed E-state index contributed by atoms with van der Waals surface area (Å²) >= 11 is 6.10. The van der Waals surface area contributed by atoms with Crippen LogP contribution in [0.4, 0.5) is 10.1 Å². The molecule has 3 aromatic rings. The smallest absolute Gasteiger partial charge is 0.276 e. The fourth-order valence-corrected chi connectivity index (χ4v) is 2.68. The maximum absolute atomic E-state index is 13.1. The van der Waals surface area contributed by atoms with Gasteiger partial charge in [0.25, 0.3) is 11.5 Å². The van der Waals surface area contributed by atoms with Crippen molar-refractivity contribution in [3.05, 3.63) is 75.4 Å².